The maximum atomic E-state index is 11.7. The molecule has 76 valence electrons. The number of alkyl halides is 3. The van der Waals surface area contributed by atoms with Gasteiger partial charge in [0.05, 0.1) is 5.54 Å². The SMILES string of the molecule is C#CC(C)(C)NCCSC(F)(F)F. The second-order valence-electron chi connectivity index (χ2n) is 2.99. The summed E-state index contributed by atoms with van der Waals surface area (Å²) < 4.78 is 35.0. The van der Waals surface area contributed by atoms with Crippen LogP contribution in [0.4, 0.5) is 13.2 Å². The van der Waals surface area contributed by atoms with Crippen LogP contribution < -0.4 is 5.32 Å². The third kappa shape index (κ3) is 8.00. The highest BCUT2D eigenvalue weighted by Gasteiger charge is 2.27. The van der Waals surface area contributed by atoms with Gasteiger partial charge in [-0.2, -0.15) is 13.2 Å². The third-order valence-electron chi connectivity index (χ3n) is 1.30. The number of rotatable bonds is 4. The van der Waals surface area contributed by atoms with Crippen molar-refractivity contribution in [3.63, 3.8) is 0 Å². The van der Waals surface area contributed by atoms with Crippen molar-refractivity contribution in [1.29, 1.82) is 0 Å². The first-order valence-corrected chi connectivity index (χ1v) is 4.69. The average molecular weight is 211 g/mol. The standard InChI is InChI=1S/C8H12F3NS/c1-4-7(2,3)12-5-6-13-8(9,10)11/h1,12H,5-6H2,2-3H3. The van der Waals surface area contributed by atoms with Crippen molar-refractivity contribution in [3.05, 3.63) is 0 Å². The van der Waals surface area contributed by atoms with Gasteiger partial charge in [-0.25, -0.2) is 0 Å². The molecule has 0 aliphatic rings. The second kappa shape index (κ2) is 4.77. The summed E-state index contributed by atoms with van der Waals surface area (Å²) in [6.07, 6.45) is 5.13. The predicted molar refractivity (Wildman–Crippen MR) is 49.4 cm³/mol. The molecular formula is C8H12F3NS. The van der Waals surface area contributed by atoms with E-state index in [2.05, 4.69) is 11.2 Å². The summed E-state index contributed by atoms with van der Waals surface area (Å²) in [6, 6.07) is 0. The Labute approximate surface area is 80.5 Å². The van der Waals surface area contributed by atoms with Crippen molar-refractivity contribution in [1.82, 2.24) is 5.32 Å². The molecule has 0 radical (unpaired) electrons. The van der Waals surface area contributed by atoms with Crippen LogP contribution in [0.15, 0.2) is 0 Å². The topological polar surface area (TPSA) is 12.0 Å². The molecule has 1 nitrogen and oxygen atoms in total. The van der Waals surface area contributed by atoms with Gasteiger partial charge in [-0.05, 0) is 25.6 Å². The van der Waals surface area contributed by atoms with Gasteiger partial charge in [-0.1, -0.05) is 5.92 Å². The molecule has 0 fully saturated rings. The molecule has 0 heterocycles. The quantitative estimate of drug-likeness (QED) is 0.565. The molecule has 5 heteroatoms. The van der Waals surface area contributed by atoms with Gasteiger partial charge in [-0.15, -0.1) is 6.42 Å². The van der Waals surface area contributed by atoms with E-state index in [1.54, 1.807) is 13.8 Å². The summed E-state index contributed by atoms with van der Waals surface area (Å²) in [4.78, 5) is 0. The lowest BCUT2D eigenvalue weighted by atomic mass is 10.1. The molecule has 1 N–H and O–H groups in total. The fraction of sp³-hybridized carbons (Fsp3) is 0.750. The predicted octanol–water partition coefficient (Wildman–Crippen LogP) is 2.24. The highest BCUT2D eigenvalue weighted by molar-refractivity contribution is 8.00. The third-order valence-corrected chi connectivity index (χ3v) is 2.03. The molecule has 0 aliphatic heterocycles. The van der Waals surface area contributed by atoms with E-state index in [9.17, 15) is 13.2 Å². The first kappa shape index (κ1) is 12.7. The van der Waals surface area contributed by atoms with E-state index in [1.807, 2.05) is 0 Å². The van der Waals surface area contributed by atoms with Gasteiger partial charge in [0.1, 0.15) is 0 Å². The Balaban J connectivity index is 3.54. The van der Waals surface area contributed by atoms with Crippen molar-refractivity contribution in [2.24, 2.45) is 0 Å². The van der Waals surface area contributed by atoms with E-state index < -0.39 is 11.0 Å². The van der Waals surface area contributed by atoms with Gasteiger partial charge in [0.15, 0.2) is 0 Å². The minimum absolute atomic E-state index is 0.0192. The summed E-state index contributed by atoms with van der Waals surface area (Å²) in [6.45, 7) is 3.73. The lowest BCUT2D eigenvalue weighted by Crippen LogP contribution is -2.39. The monoisotopic (exact) mass is 211 g/mol. The molecule has 0 aromatic carbocycles. The summed E-state index contributed by atoms with van der Waals surface area (Å²) in [5.41, 5.74) is -4.69. The molecule has 0 unspecified atom stereocenters. The first-order chi connectivity index (χ1) is 5.77. The van der Waals surface area contributed by atoms with Gasteiger partial charge in [0, 0.05) is 12.3 Å². The van der Waals surface area contributed by atoms with Crippen molar-refractivity contribution in [2.45, 2.75) is 24.9 Å². The van der Waals surface area contributed by atoms with Crippen LogP contribution in [0.1, 0.15) is 13.8 Å². The summed E-state index contributed by atoms with van der Waals surface area (Å²) in [5.74, 6) is 2.42. The lowest BCUT2D eigenvalue weighted by molar-refractivity contribution is -0.0327. The molecule has 0 atom stereocenters. The Morgan fingerprint density at radius 1 is 1.38 bits per heavy atom. The first-order valence-electron chi connectivity index (χ1n) is 3.70. The Morgan fingerprint density at radius 3 is 2.31 bits per heavy atom. The largest absolute Gasteiger partial charge is 0.441 e. The highest BCUT2D eigenvalue weighted by atomic mass is 32.2. The van der Waals surface area contributed by atoms with Gasteiger partial charge in [0.2, 0.25) is 0 Å². The normalized spacial score (nSPS) is 12.6. The van der Waals surface area contributed by atoms with Gasteiger partial charge in [-0.3, -0.25) is 0 Å². The van der Waals surface area contributed by atoms with Crippen LogP contribution in [0.5, 0.6) is 0 Å². The second-order valence-corrected chi connectivity index (χ2v) is 4.15. The maximum absolute atomic E-state index is 11.7. The van der Waals surface area contributed by atoms with Crippen molar-refractivity contribution < 1.29 is 13.2 Å². The van der Waals surface area contributed by atoms with Crippen LogP contribution in [0.25, 0.3) is 0 Å². The zero-order valence-corrected chi connectivity index (χ0v) is 8.35. The Hall–Kier alpha value is -0.340. The zero-order chi connectivity index (χ0) is 10.5. The summed E-state index contributed by atoms with van der Waals surface area (Å²) >= 11 is -0.0463. The van der Waals surface area contributed by atoms with E-state index in [0.717, 1.165) is 0 Å². The average Bonchev–Trinajstić information content (AvgIpc) is 1.97. The molecule has 0 amide bonds. The van der Waals surface area contributed by atoms with Crippen LogP contribution in [0.2, 0.25) is 0 Å². The maximum Gasteiger partial charge on any atom is 0.441 e. The van der Waals surface area contributed by atoms with Crippen LogP contribution in [-0.2, 0) is 0 Å². The molecule has 0 aromatic rings. The van der Waals surface area contributed by atoms with Crippen molar-refractivity contribution >= 4 is 11.8 Å². The lowest BCUT2D eigenvalue weighted by Gasteiger charge is -2.19. The molecule has 0 bridgehead atoms. The van der Waals surface area contributed by atoms with Crippen LogP contribution in [0.3, 0.4) is 0 Å². The molecule has 0 saturated carbocycles. The number of terminal acetylenes is 1. The fourth-order valence-corrected chi connectivity index (χ4v) is 1.02. The number of nitrogens with one attached hydrogen (secondary N) is 1. The van der Waals surface area contributed by atoms with Crippen molar-refractivity contribution in [3.8, 4) is 12.3 Å². The Morgan fingerprint density at radius 2 is 1.92 bits per heavy atom. The number of halogens is 3. The van der Waals surface area contributed by atoms with Crippen molar-refractivity contribution in [2.75, 3.05) is 12.3 Å². The summed E-state index contributed by atoms with van der Waals surface area (Å²) in [7, 11) is 0. The summed E-state index contributed by atoms with van der Waals surface area (Å²) in [5, 5.41) is 2.82. The van der Waals surface area contributed by atoms with Crippen LogP contribution in [0, 0.1) is 12.3 Å². The van der Waals surface area contributed by atoms with E-state index >= 15 is 0 Å². The molecule has 0 aliphatic carbocycles. The van der Waals surface area contributed by atoms with E-state index in [-0.39, 0.29) is 24.1 Å². The molecule has 0 spiro atoms. The zero-order valence-electron chi connectivity index (χ0n) is 7.53. The van der Waals surface area contributed by atoms with E-state index in [4.69, 9.17) is 6.42 Å². The number of hydrogen-bond donors (Lipinski definition) is 1. The van der Waals surface area contributed by atoms with Crippen LogP contribution in [-0.4, -0.2) is 23.3 Å². The minimum atomic E-state index is -4.15. The van der Waals surface area contributed by atoms with E-state index in [0.29, 0.717) is 0 Å². The number of hydrogen-bond acceptors (Lipinski definition) is 2. The molecule has 0 aromatic heterocycles. The van der Waals surface area contributed by atoms with Gasteiger partial charge >= 0.3 is 5.51 Å². The fourth-order valence-electron chi connectivity index (χ4n) is 0.581. The van der Waals surface area contributed by atoms with E-state index in [1.165, 1.54) is 0 Å². The molecule has 0 saturated heterocycles. The molecule has 0 rings (SSSR count). The number of thioether (sulfide) groups is 1. The Kier molecular flexibility index (Phi) is 4.65. The molecule has 13 heavy (non-hydrogen) atoms. The van der Waals surface area contributed by atoms with Crippen LogP contribution >= 0.6 is 11.8 Å². The van der Waals surface area contributed by atoms with Gasteiger partial charge < -0.3 is 5.32 Å². The minimum Gasteiger partial charge on any atom is -0.301 e. The van der Waals surface area contributed by atoms with Gasteiger partial charge in [0.25, 0.3) is 0 Å². The smallest absolute Gasteiger partial charge is 0.301 e. The highest BCUT2D eigenvalue weighted by Crippen LogP contribution is 2.29. The molecular weight excluding hydrogens is 199 g/mol. The Bertz CT molecular complexity index is 193.